The molecule has 0 aliphatic rings. The summed E-state index contributed by atoms with van der Waals surface area (Å²) in [7, 11) is 0. The second-order valence-corrected chi connectivity index (χ2v) is 3.90. The molecule has 0 bridgehead atoms. The number of pyridine rings is 2. The number of hydrogen-bond donors (Lipinski definition) is 2. The first-order chi connectivity index (χ1) is 8.75. The summed E-state index contributed by atoms with van der Waals surface area (Å²) in [5.74, 6) is -0.477. The van der Waals surface area contributed by atoms with Crippen LogP contribution in [0.25, 0.3) is 22.3 Å². The van der Waals surface area contributed by atoms with Gasteiger partial charge in [0.15, 0.2) is 0 Å². The second kappa shape index (κ2) is 3.96. The van der Waals surface area contributed by atoms with Gasteiger partial charge in [0.25, 0.3) is 0 Å². The Balaban J connectivity index is 2.12. The van der Waals surface area contributed by atoms with E-state index in [0.717, 1.165) is 22.3 Å². The molecule has 0 aliphatic carbocycles. The summed E-state index contributed by atoms with van der Waals surface area (Å²) >= 11 is 0. The Morgan fingerprint density at radius 2 is 2.11 bits per heavy atom. The highest BCUT2D eigenvalue weighted by Gasteiger charge is 2.08. The predicted octanol–water partition coefficient (Wildman–Crippen LogP) is 1.72. The Labute approximate surface area is 103 Å². The number of H-pyrrole nitrogens is 1. The number of nitrogens with one attached hydrogen (secondary N) is 1. The molecule has 0 aromatic carbocycles. The number of aromatic amines is 1. The van der Waals surface area contributed by atoms with Gasteiger partial charge in [-0.05, 0) is 24.3 Å². The van der Waals surface area contributed by atoms with Crippen molar-refractivity contribution in [3.8, 4) is 11.3 Å². The quantitative estimate of drug-likeness (QED) is 0.712. The van der Waals surface area contributed by atoms with Crippen LogP contribution in [0.1, 0.15) is 10.4 Å². The van der Waals surface area contributed by atoms with Gasteiger partial charge < -0.3 is 10.7 Å². The second-order valence-electron chi connectivity index (χ2n) is 3.90. The van der Waals surface area contributed by atoms with Crippen LogP contribution in [0, 0.1) is 0 Å². The van der Waals surface area contributed by atoms with Gasteiger partial charge in [0.05, 0.1) is 11.3 Å². The van der Waals surface area contributed by atoms with Crippen LogP contribution in [0.3, 0.4) is 0 Å². The number of carbonyl (C=O) groups excluding carboxylic acids is 1. The molecule has 3 heterocycles. The molecule has 18 heavy (non-hydrogen) atoms. The topological polar surface area (TPSA) is 84.7 Å². The van der Waals surface area contributed by atoms with Crippen molar-refractivity contribution in [1.82, 2.24) is 15.0 Å². The van der Waals surface area contributed by atoms with Gasteiger partial charge in [-0.15, -0.1) is 0 Å². The minimum atomic E-state index is -0.477. The molecular weight excluding hydrogens is 228 g/mol. The van der Waals surface area contributed by atoms with Crippen LogP contribution in [0.5, 0.6) is 0 Å². The van der Waals surface area contributed by atoms with Crippen molar-refractivity contribution in [3.05, 3.63) is 48.4 Å². The van der Waals surface area contributed by atoms with Gasteiger partial charge in [0, 0.05) is 29.5 Å². The molecule has 0 atom stereocenters. The van der Waals surface area contributed by atoms with Crippen LogP contribution in [-0.4, -0.2) is 20.9 Å². The van der Waals surface area contributed by atoms with E-state index in [1.165, 1.54) is 6.20 Å². The Morgan fingerprint density at radius 1 is 1.22 bits per heavy atom. The number of amides is 1. The molecule has 0 saturated heterocycles. The minimum Gasteiger partial charge on any atom is -0.366 e. The van der Waals surface area contributed by atoms with E-state index in [9.17, 15) is 4.79 Å². The maximum absolute atomic E-state index is 11.0. The standard InChI is InChI=1S/C13H10N4O/c14-12(18)8-3-4-11(16-6-8)10-7-17-13-9(10)2-1-5-15-13/h1-7H,(H2,14,18)(H,15,17). The van der Waals surface area contributed by atoms with Crippen molar-refractivity contribution >= 4 is 16.9 Å². The Kier molecular flexibility index (Phi) is 2.30. The third-order valence-corrected chi connectivity index (χ3v) is 2.78. The Morgan fingerprint density at radius 3 is 2.83 bits per heavy atom. The third-order valence-electron chi connectivity index (χ3n) is 2.78. The first-order valence-electron chi connectivity index (χ1n) is 5.44. The molecule has 3 aromatic rings. The summed E-state index contributed by atoms with van der Waals surface area (Å²) < 4.78 is 0. The van der Waals surface area contributed by atoms with E-state index >= 15 is 0 Å². The summed E-state index contributed by atoms with van der Waals surface area (Å²) in [6.45, 7) is 0. The van der Waals surface area contributed by atoms with E-state index in [2.05, 4.69) is 15.0 Å². The fraction of sp³-hybridized carbons (Fsp3) is 0. The zero-order valence-corrected chi connectivity index (χ0v) is 9.42. The van der Waals surface area contributed by atoms with Gasteiger partial charge >= 0.3 is 0 Å². The molecular formula is C13H10N4O. The third kappa shape index (κ3) is 1.62. The number of hydrogen-bond acceptors (Lipinski definition) is 3. The fourth-order valence-corrected chi connectivity index (χ4v) is 1.87. The maximum Gasteiger partial charge on any atom is 0.250 e. The molecule has 3 rings (SSSR count). The van der Waals surface area contributed by atoms with E-state index in [0.29, 0.717) is 5.56 Å². The highest BCUT2D eigenvalue weighted by atomic mass is 16.1. The van der Waals surface area contributed by atoms with Crippen LogP contribution in [0.4, 0.5) is 0 Å². The lowest BCUT2D eigenvalue weighted by Crippen LogP contribution is -2.10. The molecule has 3 aromatic heterocycles. The van der Waals surface area contributed by atoms with Gasteiger partial charge in [-0.2, -0.15) is 0 Å². The number of fused-ring (bicyclic) bond motifs is 1. The van der Waals surface area contributed by atoms with Crippen LogP contribution in [0.2, 0.25) is 0 Å². The van der Waals surface area contributed by atoms with Crippen molar-refractivity contribution in [2.75, 3.05) is 0 Å². The first kappa shape index (κ1) is 10.5. The van der Waals surface area contributed by atoms with Crippen LogP contribution in [0.15, 0.2) is 42.9 Å². The summed E-state index contributed by atoms with van der Waals surface area (Å²) in [5.41, 5.74) is 8.12. The van der Waals surface area contributed by atoms with Crippen molar-refractivity contribution < 1.29 is 4.79 Å². The highest BCUT2D eigenvalue weighted by Crippen LogP contribution is 2.25. The molecule has 0 fully saturated rings. The van der Waals surface area contributed by atoms with E-state index in [1.807, 2.05) is 18.3 Å². The van der Waals surface area contributed by atoms with Crippen LogP contribution in [-0.2, 0) is 0 Å². The molecule has 88 valence electrons. The average Bonchev–Trinajstić information content (AvgIpc) is 2.82. The molecule has 5 heteroatoms. The van der Waals surface area contributed by atoms with Crippen molar-refractivity contribution in [1.29, 1.82) is 0 Å². The van der Waals surface area contributed by atoms with Gasteiger partial charge in [-0.25, -0.2) is 4.98 Å². The van der Waals surface area contributed by atoms with E-state index in [4.69, 9.17) is 5.73 Å². The van der Waals surface area contributed by atoms with E-state index in [1.54, 1.807) is 18.3 Å². The lowest BCUT2D eigenvalue weighted by atomic mass is 10.1. The molecule has 0 spiro atoms. The summed E-state index contributed by atoms with van der Waals surface area (Å²) in [5, 5.41) is 0.997. The lowest BCUT2D eigenvalue weighted by Gasteiger charge is -1.99. The van der Waals surface area contributed by atoms with Gasteiger partial charge in [-0.1, -0.05) is 0 Å². The maximum atomic E-state index is 11.0. The number of carbonyl (C=O) groups is 1. The molecule has 0 aliphatic heterocycles. The molecule has 5 nitrogen and oxygen atoms in total. The lowest BCUT2D eigenvalue weighted by molar-refractivity contribution is 0.1000. The largest absolute Gasteiger partial charge is 0.366 e. The van der Waals surface area contributed by atoms with E-state index < -0.39 is 5.91 Å². The molecule has 0 radical (unpaired) electrons. The number of nitrogens with zero attached hydrogens (tertiary/aromatic N) is 2. The summed E-state index contributed by atoms with van der Waals surface area (Å²) in [6.07, 6.45) is 5.06. The zero-order chi connectivity index (χ0) is 12.5. The monoisotopic (exact) mass is 238 g/mol. The van der Waals surface area contributed by atoms with E-state index in [-0.39, 0.29) is 0 Å². The highest BCUT2D eigenvalue weighted by molar-refractivity contribution is 5.94. The van der Waals surface area contributed by atoms with Gasteiger partial charge in [0.2, 0.25) is 5.91 Å². The first-order valence-corrected chi connectivity index (χ1v) is 5.44. The zero-order valence-electron chi connectivity index (χ0n) is 9.42. The van der Waals surface area contributed by atoms with Crippen molar-refractivity contribution in [3.63, 3.8) is 0 Å². The summed E-state index contributed by atoms with van der Waals surface area (Å²) in [4.78, 5) is 22.5. The number of primary amides is 1. The molecule has 0 saturated carbocycles. The number of nitrogens with two attached hydrogens (primary N) is 1. The summed E-state index contributed by atoms with van der Waals surface area (Å²) in [6, 6.07) is 7.28. The SMILES string of the molecule is NC(=O)c1ccc(-c2c[nH]c3ncccc23)nc1. The average molecular weight is 238 g/mol. The number of aromatic nitrogens is 3. The van der Waals surface area contributed by atoms with Crippen molar-refractivity contribution in [2.24, 2.45) is 5.73 Å². The van der Waals surface area contributed by atoms with Gasteiger partial charge in [0.1, 0.15) is 5.65 Å². The Bertz CT molecular complexity index is 715. The van der Waals surface area contributed by atoms with Crippen LogP contribution < -0.4 is 5.73 Å². The van der Waals surface area contributed by atoms with Crippen LogP contribution >= 0.6 is 0 Å². The normalized spacial score (nSPS) is 10.7. The molecule has 3 N–H and O–H groups in total. The molecule has 0 unspecified atom stereocenters. The Hall–Kier alpha value is -2.69. The van der Waals surface area contributed by atoms with Crippen molar-refractivity contribution in [2.45, 2.75) is 0 Å². The predicted molar refractivity (Wildman–Crippen MR) is 67.8 cm³/mol. The molecule has 1 amide bonds. The minimum absolute atomic E-state index is 0.400. The van der Waals surface area contributed by atoms with Gasteiger partial charge in [-0.3, -0.25) is 9.78 Å². The fourth-order valence-electron chi connectivity index (χ4n) is 1.87. The number of rotatable bonds is 2. The smallest absolute Gasteiger partial charge is 0.250 e.